The van der Waals surface area contributed by atoms with Crippen molar-refractivity contribution >= 4 is 22.7 Å². The number of piperidine rings is 1. The van der Waals surface area contributed by atoms with Gasteiger partial charge in [-0.2, -0.15) is 14.8 Å². The summed E-state index contributed by atoms with van der Waals surface area (Å²) in [7, 11) is 0. The third-order valence-corrected chi connectivity index (χ3v) is 6.69. The Morgan fingerprint density at radius 3 is 2.58 bits per heavy atom. The van der Waals surface area contributed by atoms with Crippen LogP contribution in [0.2, 0.25) is 0 Å². The molecular formula is C23H27N5O3. The molecule has 1 aromatic carbocycles. The lowest BCUT2D eigenvalue weighted by molar-refractivity contribution is -0.132. The first-order chi connectivity index (χ1) is 14.9. The minimum absolute atomic E-state index is 0.00960. The Kier molecular flexibility index (Phi) is 4.87. The van der Waals surface area contributed by atoms with E-state index in [2.05, 4.69) is 22.2 Å². The van der Waals surface area contributed by atoms with Crippen molar-refractivity contribution < 1.29 is 14.1 Å². The Labute approximate surface area is 180 Å². The highest BCUT2D eigenvalue weighted by Crippen LogP contribution is 2.41. The number of nitrogens with zero attached hydrogens (tertiary/aromatic N) is 5. The molecule has 31 heavy (non-hydrogen) atoms. The van der Waals surface area contributed by atoms with Crippen LogP contribution in [0.5, 0.6) is 0 Å². The van der Waals surface area contributed by atoms with E-state index in [1.54, 1.807) is 0 Å². The molecule has 8 heteroatoms. The molecular weight excluding hydrogens is 394 g/mol. The molecule has 5 rings (SSSR count). The van der Waals surface area contributed by atoms with Crippen LogP contribution in [0, 0.1) is 6.92 Å². The summed E-state index contributed by atoms with van der Waals surface area (Å²) in [4.78, 5) is 31.9. The summed E-state index contributed by atoms with van der Waals surface area (Å²) < 4.78 is 6.86. The number of benzene rings is 1. The van der Waals surface area contributed by atoms with Crippen molar-refractivity contribution in [2.45, 2.75) is 63.7 Å². The van der Waals surface area contributed by atoms with Crippen LogP contribution in [0.1, 0.15) is 73.6 Å². The van der Waals surface area contributed by atoms with Crippen LogP contribution in [0.25, 0.3) is 10.9 Å². The molecule has 3 heterocycles. The van der Waals surface area contributed by atoms with Crippen LogP contribution in [0.3, 0.4) is 0 Å². The van der Waals surface area contributed by atoms with Crippen molar-refractivity contribution in [3.63, 3.8) is 0 Å². The van der Waals surface area contributed by atoms with Crippen LogP contribution in [-0.2, 0) is 10.2 Å². The predicted octanol–water partition coefficient (Wildman–Crippen LogP) is 3.61. The first-order valence-corrected chi connectivity index (χ1v) is 11.0. The minimum Gasteiger partial charge on any atom is -0.343 e. The second-order valence-electron chi connectivity index (χ2n) is 9.08. The second-order valence-corrected chi connectivity index (χ2v) is 9.08. The molecule has 3 aromatic rings. The first-order valence-electron chi connectivity index (χ1n) is 11.0. The molecule has 0 bridgehead atoms. The van der Waals surface area contributed by atoms with E-state index in [0.29, 0.717) is 19.0 Å². The SMILES string of the molecule is Cc1nn(C(=O)CCC(=O)N2CCC(C)(c3noc(C4CC4)n3)CC2)c2ccccc12. The molecule has 2 aromatic heterocycles. The van der Waals surface area contributed by atoms with Crippen LogP contribution in [0.15, 0.2) is 28.8 Å². The third kappa shape index (κ3) is 3.75. The van der Waals surface area contributed by atoms with Crippen molar-refractivity contribution in [1.29, 1.82) is 0 Å². The number of fused-ring (bicyclic) bond motifs is 1. The van der Waals surface area contributed by atoms with E-state index in [0.717, 1.165) is 54.0 Å². The highest BCUT2D eigenvalue weighted by atomic mass is 16.5. The monoisotopic (exact) mass is 421 g/mol. The van der Waals surface area contributed by atoms with Crippen LogP contribution < -0.4 is 0 Å². The van der Waals surface area contributed by atoms with E-state index in [4.69, 9.17) is 4.52 Å². The maximum Gasteiger partial charge on any atom is 0.247 e. The van der Waals surface area contributed by atoms with Crippen LogP contribution in [0.4, 0.5) is 0 Å². The number of hydrogen-bond donors (Lipinski definition) is 0. The number of carbonyl (C=O) groups excluding carboxylic acids is 2. The number of para-hydroxylation sites is 1. The standard InChI is InChI=1S/C23H27N5O3/c1-15-17-5-3-4-6-18(17)28(25-15)20(30)10-9-19(29)27-13-11-23(2,12-14-27)22-24-21(31-26-22)16-7-8-16/h3-6,16H,7-14H2,1-2H3. The van der Waals surface area contributed by atoms with Crippen LogP contribution >= 0.6 is 0 Å². The zero-order valence-electron chi connectivity index (χ0n) is 18.0. The van der Waals surface area contributed by atoms with Crippen molar-refractivity contribution in [3.8, 4) is 0 Å². The highest BCUT2D eigenvalue weighted by Gasteiger charge is 2.39. The normalized spacial score (nSPS) is 18.5. The summed E-state index contributed by atoms with van der Waals surface area (Å²) in [6.07, 6.45) is 4.18. The molecule has 1 aliphatic carbocycles. The molecule has 2 aliphatic rings. The predicted molar refractivity (Wildman–Crippen MR) is 114 cm³/mol. The maximum absolute atomic E-state index is 12.7. The van der Waals surface area contributed by atoms with Crippen molar-refractivity contribution in [2.24, 2.45) is 0 Å². The van der Waals surface area contributed by atoms with E-state index in [1.807, 2.05) is 36.1 Å². The molecule has 0 atom stereocenters. The quantitative estimate of drug-likeness (QED) is 0.625. The smallest absolute Gasteiger partial charge is 0.247 e. The minimum atomic E-state index is -0.172. The number of rotatable bonds is 5. The van der Waals surface area contributed by atoms with Gasteiger partial charge in [-0.05, 0) is 38.7 Å². The Morgan fingerprint density at radius 2 is 1.84 bits per heavy atom. The van der Waals surface area contributed by atoms with Gasteiger partial charge >= 0.3 is 0 Å². The summed E-state index contributed by atoms with van der Waals surface area (Å²) in [5.74, 6) is 1.82. The van der Waals surface area contributed by atoms with Crippen molar-refractivity contribution in [2.75, 3.05) is 13.1 Å². The number of aromatic nitrogens is 4. The van der Waals surface area contributed by atoms with E-state index >= 15 is 0 Å². The molecule has 2 fully saturated rings. The van der Waals surface area contributed by atoms with Gasteiger partial charge in [0.15, 0.2) is 5.82 Å². The summed E-state index contributed by atoms with van der Waals surface area (Å²) in [5, 5.41) is 9.55. The lowest BCUT2D eigenvalue weighted by atomic mass is 9.79. The van der Waals surface area contributed by atoms with Gasteiger partial charge in [-0.1, -0.05) is 30.3 Å². The fraction of sp³-hybridized carbons (Fsp3) is 0.522. The van der Waals surface area contributed by atoms with E-state index in [9.17, 15) is 9.59 Å². The van der Waals surface area contributed by atoms with Gasteiger partial charge in [0.2, 0.25) is 17.7 Å². The lowest BCUT2D eigenvalue weighted by Gasteiger charge is -2.37. The zero-order valence-corrected chi connectivity index (χ0v) is 18.0. The summed E-state index contributed by atoms with van der Waals surface area (Å²) in [5.41, 5.74) is 1.43. The molecule has 1 aliphatic heterocycles. The van der Waals surface area contributed by atoms with Crippen LogP contribution in [-0.4, -0.2) is 49.7 Å². The molecule has 8 nitrogen and oxygen atoms in total. The average molecular weight is 422 g/mol. The first kappa shape index (κ1) is 19.9. The summed E-state index contributed by atoms with van der Waals surface area (Å²) in [6.45, 7) is 5.31. The van der Waals surface area contributed by atoms with Gasteiger partial charge in [0.05, 0.1) is 11.2 Å². The Morgan fingerprint density at radius 1 is 1.13 bits per heavy atom. The Balaban J connectivity index is 1.17. The van der Waals surface area contributed by atoms with Gasteiger partial charge in [-0.15, -0.1) is 0 Å². The molecule has 0 N–H and O–H groups in total. The van der Waals surface area contributed by atoms with Gasteiger partial charge < -0.3 is 9.42 Å². The fourth-order valence-corrected chi connectivity index (χ4v) is 4.34. The van der Waals surface area contributed by atoms with Crippen molar-refractivity contribution in [3.05, 3.63) is 41.7 Å². The molecule has 0 unspecified atom stereocenters. The third-order valence-electron chi connectivity index (χ3n) is 6.69. The molecule has 1 saturated carbocycles. The topological polar surface area (TPSA) is 94.1 Å². The number of amides is 1. The molecule has 1 amide bonds. The van der Waals surface area contributed by atoms with Gasteiger partial charge in [0.1, 0.15) is 0 Å². The highest BCUT2D eigenvalue weighted by molar-refractivity contribution is 5.93. The molecule has 0 spiro atoms. The van der Waals surface area contributed by atoms with Gasteiger partial charge in [-0.25, -0.2) is 0 Å². The fourth-order valence-electron chi connectivity index (χ4n) is 4.34. The van der Waals surface area contributed by atoms with Gasteiger partial charge in [0, 0.05) is 42.7 Å². The number of aryl methyl sites for hydroxylation is 1. The summed E-state index contributed by atoms with van der Waals surface area (Å²) in [6, 6.07) is 7.66. The number of hydrogen-bond acceptors (Lipinski definition) is 6. The largest absolute Gasteiger partial charge is 0.343 e. The zero-order chi connectivity index (χ0) is 21.6. The second kappa shape index (κ2) is 7.59. The Hall–Kier alpha value is -3.03. The summed E-state index contributed by atoms with van der Waals surface area (Å²) >= 11 is 0. The maximum atomic E-state index is 12.7. The Bertz CT molecular complexity index is 1140. The number of carbonyl (C=O) groups is 2. The molecule has 1 saturated heterocycles. The van der Waals surface area contributed by atoms with Gasteiger partial charge in [-0.3, -0.25) is 9.59 Å². The number of likely N-dealkylation sites (tertiary alicyclic amines) is 1. The van der Waals surface area contributed by atoms with E-state index in [1.165, 1.54) is 4.68 Å². The van der Waals surface area contributed by atoms with Crippen molar-refractivity contribution in [1.82, 2.24) is 24.8 Å². The lowest BCUT2D eigenvalue weighted by Crippen LogP contribution is -2.44. The van der Waals surface area contributed by atoms with E-state index in [-0.39, 0.29) is 30.1 Å². The van der Waals surface area contributed by atoms with E-state index < -0.39 is 0 Å². The molecule has 0 radical (unpaired) electrons. The van der Waals surface area contributed by atoms with Gasteiger partial charge in [0.25, 0.3) is 0 Å². The average Bonchev–Trinajstić information content (AvgIpc) is 3.40. The molecule has 162 valence electrons.